The number of amides is 2. The molecule has 0 bridgehead atoms. The van der Waals surface area contributed by atoms with Crippen LogP contribution in [0.4, 0.5) is 0 Å². The van der Waals surface area contributed by atoms with Crippen LogP contribution < -0.4 is 16.4 Å². The average Bonchev–Trinajstić information content (AvgIpc) is 3.40. The number of halogens is 1. The summed E-state index contributed by atoms with van der Waals surface area (Å²) >= 11 is 1.66. The van der Waals surface area contributed by atoms with Crippen LogP contribution in [0, 0.1) is 12.8 Å². The van der Waals surface area contributed by atoms with Crippen molar-refractivity contribution in [2.24, 2.45) is 11.7 Å². The number of nitrogens with two attached hydrogens (primary N) is 1. The molecule has 1 aromatic rings. The third-order valence-corrected chi connectivity index (χ3v) is 4.93. The molecule has 1 aliphatic rings. The Bertz CT molecular complexity index is 581. The van der Waals surface area contributed by atoms with Crippen molar-refractivity contribution in [1.29, 1.82) is 0 Å². The molecular weight excluding hydrogens is 358 g/mol. The summed E-state index contributed by atoms with van der Waals surface area (Å²) in [5.74, 6) is 0.957. The van der Waals surface area contributed by atoms with Crippen LogP contribution in [0.3, 0.4) is 0 Å². The van der Waals surface area contributed by atoms with E-state index in [1.54, 1.807) is 17.8 Å². The number of aryl methyl sites for hydroxylation is 1. The molecule has 2 rings (SSSR count). The molecule has 0 aliphatic heterocycles. The Labute approximate surface area is 160 Å². The highest BCUT2D eigenvalue weighted by atomic mass is 35.5. The molecule has 140 valence electrons. The van der Waals surface area contributed by atoms with E-state index in [4.69, 9.17) is 5.73 Å². The number of nitrogens with one attached hydrogen (secondary N) is 2. The molecule has 2 atom stereocenters. The Morgan fingerprint density at radius 1 is 1.32 bits per heavy atom. The smallest absolute Gasteiger partial charge is 0.251 e. The van der Waals surface area contributed by atoms with E-state index in [-0.39, 0.29) is 30.3 Å². The molecule has 0 radical (unpaired) electrons. The number of carbonyl (C=O) groups excluding carboxylic acids is 2. The van der Waals surface area contributed by atoms with E-state index in [0.29, 0.717) is 24.4 Å². The standard InChI is InChI=1S/C18H27N3O2S.ClH/c1-12-4-3-5-14(10-12)17(22)20-15(8-9-24-2)18(23)21-16(11-19)13-6-7-13;/h3-5,10,13,15-16H,6-9,11,19H2,1-2H3,(H,20,22)(H,21,23);1H. The number of hydrogen-bond donors (Lipinski definition) is 3. The lowest BCUT2D eigenvalue weighted by molar-refractivity contribution is -0.123. The first-order valence-electron chi connectivity index (χ1n) is 8.42. The van der Waals surface area contributed by atoms with Gasteiger partial charge >= 0.3 is 0 Å². The predicted molar refractivity (Wildman–Crippen MR) is 106 cm³/mol. The van der Waals surface area contributed by atoms with Gasteiger partial charge in [0.25, 0.3) is 5.91 Å². The quantitative estimate of drug-likeness (QED) is 0.608. The van der Waals surface area contributed by atoms with Crippen molar-refractivity contribution in [2.75, 3.05) is 18.6 Å². The van der Waals surface area contributed by atoms with Gasteiger partial charge in [0.2, 0.25) is 5.91 Å². The summed E-state index contributed by atoms with van der Waals surface area (Å²) in [4.78, 5) is 25.0. The van der Waals surface area contributed by atoms with Crippen LogP contribution in [0.5, 0.6) is 0 Å². The fourth-order valence-corrected chi connectivity index (χ4v) is 3.15. The number of benzene rings is 1. The molecule has 2 amide bonds. The summed E-state index contributed by atoms with van der Waals surface area (Å²) in [5, 5.41) is 5.90. The molecule has 0 aromatic heterocycles. The maximum atomic E-state index is 12.6. The molecule has 5 nitrogen and oxygen atoms in total. The minimum atomic E-state index is -0.529. The predicted octanol–water partition coefficient (Wildman–Crippen LogP) is 2.12. The highest BCUT2D eigenvalue weighted by Gasteiger charge is 2.33. The summed E-state index contributed by atoms with van der Waals surface area (Å²) in [6, 6.07) is 6.86. The zero-order valence-electron chi connectivity index (χ0n) is 14.8. The van der Waals surface area contributed by atoms with Gasteiger partial charge in [0.15, 0.2) is 0 Å². The molecule has 1 fully saturated rings. The minimum Gasteiger partial charge on any atom is -0.350 e. The Balaban J connectivity index is 0.00000312. The first-order chi connectivity index (χ1) is 11.5. The second-order valence-electron chi connectivity index (χ2n) is 6.37. The fourth-order valence-electron chi connectivity index (χ4n) is 2.68. The molecule has 4 N–H and O–H groups in total. The Kier molecular flexibility index (Phi) is 9.32. The molecular formula is C18H28ClN3O2S. The Hall–Kier alpha value is -1.24. The van der Waals surface area contributed by atoms with Crippen LogP contribution in [-0.4, -0.2) is 42.5 Å². The number of rotatable bonds is 9. The summed E-state index contributed by atoms with van der Waals surface area (Å²) in [6.45, 7) is 2.38. The van der Waals surface area contributed by atoms with Crippen molar-refractivity contribution in [2.45, 2.75) is 38.3 Å². The van der Waals surface area contributed by atoms with E-state index in [0.717, 1.165) is 24.2 Å². The summed E-state index contributed by atoms with van der Waals surface area (Å²) in [7, 11) is 0. The fraction of sp³-hybridized carbons (Fsp3) is 0.556. The van der Waals surface area contributed by atoms with Gasteiger partial charge in [0.05, 0.1) is 0 Å². The van der Waals surface area contributed by atoms with E-state index >= 15 is 0 Å². The highest BCUT2D eigenvalue weighted by molar-refractivity contribution is 7.98. The van der Waals surface area contributed by atoms with Gasteiger partial charge in [-0.05, 0) is 56.2 Å². The van der Waals surface area contributed by atoms with Crippen LogP contribution in [0.15, 0.2) is 24.3 Å². The number of carbonyl (C=O) groups is 2. The molecule has 25 heavy (non-hydrogen) atoms. The van der Waals surface area contributed by atoms with Gasteiger partial charge in [-0.15, -0.1) is 12.4 Å². The monoisotopic (exact) mass is 385 g/mol. The summed E-state index contributed by atoms with van der Waals surface area (Å²) in [6.07, 6.45) is 4.83. The van der Waals surface area contributed by atoms with Crippen LogP contribution in [0.2, 0.25) is 0 Å². The largest absolute Gasteiger partial charge is 0.350 e. The van der Waals surface area contributed by atoms with Crippen molar-refractivity contribution in [3.8, 4) is 0 Å². The maximum absolute atomic E-state index is 12.6. The van der Waals surface area contributed by atoms with E-state index in [9.17, 15) is 9.59 Å². The molecule has 1 aromatic carbocycles. The summed E-state index contributed by atoms with van der Waals surface area (Å²) < 4.78 is 0. The van der Waals surface area contributed by atoms with Gasteiger partial charge < -0.3 is 16.4 Å². The van der Waals surface area contributed by atoms with E-state index in [1.165, 1.54) is 0 Å². The molecule has 0 saturated heterocycles. The second-order valence-corrected chi connectivity index (χ2v) is 7.35. The van der Waals surface area contributed by atoms with Gasteiger partial charge in [-0.3, -0.25) is 9.59 Å². The normalized spacial score (nSPS) is 15.6. The van der Waals surface area contributed by atoms with Crippen molar-refractivity contribution in [3.05, 3.63) is 35.4 Å². The van der Waals surface area contributed by atoms with E-state index in [2.05, 4.69) is 10.6 Å². The van der Waals surface area contributed by atoms with Crippen molar-refractivity contribution in [3.63, 3.8) is 0 Å². The van der Waals surface area contributed by atoms with E-state index in [1.807, 2.05) is 31.4 Å². The molecule has 1 saturated carbocycles. The zero-order valence-corrected chi connectivity index (χ0v) is 16.4. The number of hydrogen-bond acceptors (Lipinski definition) is 4. The second kappa shape index (κ2) is 10.7. The first kappa shape index (κ1) is 21.8. The molecule has 1 aliphatic carbocycles. The lowest BCUT2D eigenvalue weighted by Gasteiger charge is -2.22. The van der Waals surface area contributed by atoms with Crippen molar-refractivity contribution < 1.29 is 9.59 Å². The van der Waals surface area contributed by atoms with Crippen molar-refractivity contribution in [1.82, 2.24) is 10.6 Å². The third kappa shape index (κ3) is 6.88. The van der Waals surface area contributed by atoms with Crippen molar-refractivity contribution >= 4 is 36.0 Å². The molecule has 0 spiro atoms. The van der Waals surface area contributed by atoms with Gasteiger partial charge in [-0.25, -0.2) is 0 Å². The Morgan fingerprint density at radius 2 is 2.04 bits per heavy atom. The summed E-state index contributed by atoms with van der Waals surface area (Å²) in [5.41, 5.74) is 7.36. The van der Waals surface area contributed by atoms with Crippen LogP contribution >= 0.6 is 24.2 Å². The van der Waals surface area contributed by atoms with Crippen LogP contribution in [0.1, 0.15) is 35.2 Å². The van der Waals surface area contributed by atoms with E-state index < -0.39 is 6.04 Å². The molecule has 0 heterocycles. The molecule has 2 unspecified atom stereocenters. The van der Waals surface area contributed by atoms with Crippen LogP contribution in [-0.2, 0) is 4.79 Å². The third-order valence-electron chi connectivity index (χ3n) is 4.29. The average molecular weight is 386 g/mol. The van der Waals surface area contributed by atoms with Gasteiger partial charge in [-0.1, -0.05) is 17.7 Å². The lowest BCUT2D eigenvalue weighted by Crippen LogP contribution is -2.52. The molecule has 7 heteroatoms. The van der Waals surface area contributed by atoms with Gasteiger partial charge in [0, 0.05) is 18.2 Å². The highest BCUT2D eigenvalue weighted by Crippen LogP contribution is 2.32. The van der Waals surface area contributed by atoms with Crippen LogP contribution in [0.25, 0.3) is 0 Å². The lowest BCUT2D eigenvalue weighted by atomic mass is 10.1. The SMILES string of the molecule is CSCCC(NC(=O)c1cccc(C)c1)C(=O)NC(CN)C1CC1.Cl. The topological polar surface area (TPSA) is 84.2 Å². The Morgan fingerprint density at radius 3 is 2.60 bits per heavy atom. The minimum absolute atomic E-state index is 0. The maximum Gasteiger partial charge on any atom is 0.251 e. The zero-order chi connectivity index (χ0) is 17.5. The van der Waals surface area contributed by atoms with Gasteiger partial charge in [-0.2, -0.15) is 11.8 Å². The van der Waals surface area contributed by atoms with Gasteiger partial charge in [0.1, 0.15) is 6.04 Å². The first-order valence-corrected chi connectivity index (χ1v) is 9.81. The number of thioether (sulfide) groups is 1.